The van der Waals surface area contributed by atoms with Crippen molar-refractivity contribution in [2.24, 2.45) is 0 Å². The van der Waals surface area contributed by atoms with Gasteiger partial charge < -0.3 is 19.5 Å². The Labute approximate surface area is 179 Å². The zero-order valence-corrected chi connectivity index (χ0v) is 17.3. The second kappa shape index (κ2) is 9.01. The molecule has 0 aliphatic carbocycles. The number of nitrogens with zero attached hydrogens (tertiary/aromatic N) is 2. The lowest BCUT2D eigenvalue weighted by atomic mass is 10.2. The number of ether oxygens (including phenoxy) is 3. The van der Waals surface area contributed by atoms with Gasteiger partial charge in [0.15, 0.2) is 15.8 Å². The average Bonchev–Trinajstić information content (AvgIpc) is 3.41. The smallest absolute Gasteiger partial charge is 0.257 e. The van der Waals surface area contributed by atoms with Gasteiger partial charge >= 0.3 is 0 Å². The molecule has 0 radical (unpaired) electrons. The van der Waals surface area contributed by atoms with Crippen LogP contribution in [0.15, 0.2) is 46.8 Å². The van der Waals surface area contributed by atoms with Gasteiger partial charge in [0, 0.05) is 11.3 Å². The molecule has 11 heteroatoms. The van der Waals surface area contributed by atoms with E-state index in [9.17, 15) is 9.59 Å². The van der Waals surface area contributed by atoms with Crippen LogP contribution >= 0.6 is 23.1 Å². The molecule has 30 heavy (non-hydrogen) atoms. The van der Waals surface area contributed by atoms with Crippen molar-refractivity contribution in [2.45, 2.75) is 4.34 Å². The van der Waals surface area contributed by atoms with Crippen LogP contribution in [0.3, 0.4) is 0 Å². The molecule has 0 atom stereocenters. The third kappa shape index (κ3) is 4.81. The molecule has 0 bridgehead atoms. The van der Waals surface area contributed by atoms with Gasteiger partial charge in [0.25, 0.3) is 5.91 Å². The second-order valence-corrected chi connectivity index (χ2v) is 8.16. The van der Waals surface area contributed by atoms with Crippen molar-refractivity contribution in [3.63, 3.8) is 0 Å². The molecule has 2 amide bonds. The molecule has 2 aromatic carbocycles. The van der Waals surface area contributed by atoms with Gasteiger partial charge in [-0.2, -0.15) is 0 Å². The molecule has 1 aliphatic heterocycles. The van der Waals surface area contributed by atoms with Gasteiger partial charge in [-0.1, -0.05) is 23.1 Å². The second-order valence-electron chi connectivity index (χ2n) is 5.96. The summed E-state index contributed by atoms with van der Waals surface area (Å²) in [5.41, 5.74) is 1.10. The molecule has 1 aliphatic rings. The van der Waals surface area contributed by atoms with E-state index >= 15 is 0 Å². The fraction of sp³-hybridized carbons (Fsp3) is 0.158. The third-order valence-corrected chi connectivity index (χ3v) is 5.93. The van der Waals surface area contributed by atoms with Crippen LogP contribution in [0.5, 0.6) is 17.2 Å². The number of benzene rings is 2. The number of methoxy groups -OCH3 is 1. The molecule has 9 nitrogen and oxygen atoms in total. The molecule has 0 saturated carbocycles. The highest BCUT2D eigenvalue weighted by Crippen LogP contribution is 2.33. The molecule has 0 unspecified atom stereocenters. The molecular weight excluding hydrogens is 428 g/mol. The van der Waals surface area contributed by atoms with Crippen molar-refractivity contribution in [1.29, 1.82) is 0 Å². The molecule has 4 rings (SSSR count). The summed E-state index contributed by atoms with van der Waals surface area (Å²) in [6.07, 6.45) is 0. The molecule has 1 aromatic heterocycles. The van der Waals surface area contributed by atoms with E-state index in [-0.39, 0.29) is 24.4 Å². The van der Waals surface area contributed by atoms with Crippen LogP contribution in [-0.2, 0) is 4.79 Å². The first kappa shape index (κ1) is 20.0. The number of thioether (sulfide) groups is 1. The van der Waals surface area contributed by atoms with Crippen LogP contribution in [0.25, 0.3) is 0 Å². The predicted octanol–water partition coefficient (Wildman–Crippen LogP) is 3.26. The monoisotopic (exact) mass is 444 g/mol. The van der Waals surface area contributed by atoms with Gasteiger partial charge in [0.05, 0.1) is 12.9 Å². The summed E-state index contributed by atoms with van der Waals surface area (Å²) >= 11 is 2.43. The Morgan fingerprint density at radius 2 is 1.90 bits per heavy atom. The van der Waals surface area contributed by atoms with E-state index in [2.05, 4.69) is 20.8 Å². The Balaban J connectivity index is 1.28. The summed E-state index contributed by atoms with van der Waals surface area (Å²) in [4.78, 5) is 24.5. The number of nitrogens with one attached hydrogen (secondary N) is 2. The Morgan fingerprint density at radius 3 is 2.70 bits per heavy atom. The van der Waals surface area contributed by atoms with Crippen molar-refractivity contribution < 1.29 is 23.8 Å². The van der Waals surface area contributed by atoms with E-state index < -0.39 is 0 Å². The summed E-state index contributed by atoms with van der Waals surface area (Å²) < 4.78 is 16.2. The van der Waals surface area contributed by atoms with Crippen molar-refractivity contribution in [2.75, 3.05) is 30.3 Å². The van der Waals surface area contributed by atoms with Gasteiger partial charge in [0.1, 0.15) is 5.75 Å². The minimum Gasteiger partial charge on any atom is -0.497 e. The maximum absolute atomic E-state index is 12.4. The Bertz CT molecular complexity index is 1070. The van der Waals surface area contributed by atoms with E-state index in [4.69, 9.17) is 14.2 Å². The number of carbonyl (C=O) groups is 2. The standard InChI is InChI=1S/C19H16N4O5S2/c1-26-13-5-3-12(4-6-13)20-16(24)9-29-19-23-22-18(30-19)21-17(25)11-2-7-14-15(8-11)28-10-27-14/h2-8H,9-10H2,1H3,(H,20,24)(H,21,22,25). The Morgan fingerprint density at radius 1 is 1.10 bits per heavy atom. The number of rotatable bonds is 7. The van der Waals surface area contributed by atoms with Crippen LogP contribution in [0.1, 0.15) is 10.4 Å². The van der Waals surface area contributed by atoms with E-state index in [1.54, 1.807) is 49.6 Å². The van der Waals surface area contributed by atoms with Gasteiger partial charge in [-0.25, -0.2) is 0 Å². The number of hydrogen-bond acceptors (Lipinski definition) is 9. The summed E-state index contributed by atoms with van der Waals surface area (Å²) in [7, 11) is 1.58. The van der Waals surface area contributed by atoms with Crippen molar-refractivity contribution in [1.82, 2.24) is 10.2 Å². The van der Waals surface area contributed by atoms with Crippen LogP contribution < -0.4 is 24.8 Å². The lowest BCUT2D eigenvalue weighted by molar-refractivity contribution is -0.113. The van der Waals surface area contributed by atoms with Crippen LogP contribution in [0.4, 0.5) is 10.8 Å². The largest absolute Gasteiger partial charge is 0.497 e. The summed E-state index contributed by atoms with van der Waals surface area (Å²) in [6.45, 7) is 0.142. The first-order valence-electron chi connectivity index (χ1n) is 8.72. The van der Waals surface area contributed by atoms with Gasteiger partial charge in [-0.15, -0.1) is 10.2 Å². The number of anilines is 2. The maximum Gasteiger partial charge on any atom is 0.257 e. The molecule has 154 valence electrons. The molecule has 0 spiro atoms. The predicted molar refractivity (Wildman–Crippen MR) is 113 cm³/mol. The van der Waals surface area contributed by atoms with Crippen molar-refractivity contribution in [3.05, 3.63) is 48.0 Å². The quantitative estimate of drug-likeness (QED) is 0.422. The summed E-state index contributed by atoms with van der Waals surface area (Å²) in [5.74, 6) is 1.50. The zero-order chi connectivity index (χ0) is 20.9. The molecule has 0 saturated heterocycles. The van der Waals surface area contributed by atoms with Crippen LogP contribution in [-0.4, -0.2) is 41.7 Å². The van der Waals surface area contributed by atoms with E-state index in [0.717, 1.165) is 0 Å². The lowest BCUT2D eigenvalue weighted by Crippen LogP contribution is -2.13. The molecule has 2 heterocycles. The van der Waals surface area contributed by atoms with Crippen LogP contribution in [0, 0.1) is 0 Å². The Hall–Kier alpha value is -3.31. The SMILES string of the molecule is COc1ccc(NC(=O)CSc2nnc(NC(=O)c3ccc4c(c3)OCO4)s2)cc1. The maximum atomic E-state index is 12.4. The zero-order valence-electron chi connectivity index (χ0n) is 15.7. The molecule has 0 fully saturated rings. The average molecular weight is 444 g/mol. The fourth-order valence-corrected chi connectivity index (χ4v) is 4.07. The highest BCUT2D eigenvalue weighted by molar-refractivity contribution is 8.01. The van der Waals surface area contributed by atoms with E-state index in [1.165, 1.54) is 23.1 Å². The normalized spacial score (nSPS) is 11.8. The van der Waals surface area contributed by atoms with Crippen LogP contribution in [0.2, 0.25) is 0 Å². The van der Waals surface area contributed by atoms with Crippen molar-refractivity contribution >= 4 is 45.7 Å². The molecule has 3 aromatic rings. The topological polar surface area (TPSA) is 112 Å². The fourth-order valence-electron chi connectivity index (χ4n) is 2.52. The molecule has 2 N–H and O–H groups in total. The van der Waals surface area contributed by atoms with Gasteiger partial charge in [-0.05, 0) is 42.5 Å². The number of amides is 2. The minimum absolute atomic E-state index is 0.142. The number of hydrogen-bond donors (Lipinski definition) is 2. The first-order chi connectivity index (χ1) is 14.6. The third-order valence-electron chi connectivity index (χ3n) is 3.96. The van der Waals surface area contributed by atoms with E-state index in [0.29, 0.717) is 38.0 Å². The van der Waals surface area contributed by atoms with Gasteiger partial charge in [-0.3, -0.25) is 14.9 Å². The summed E-state index contributed by atoms with van der Waals surface area (Å²) in [6, 6.07) is 12.0. The highest BCUT2D eigenvalue weighted by atomic mass is 32.2. The number of aromatic nitrogens is 2. The minimum atomic E-state index is -0.335. The first-order valence-corrected chi connectivity index (χ1v) is 10.5. The number of carbonyl (C=O) groups excluding carboxylic acids is 2. The number of fused-ring (bicyclic) bond motifs is 1. The van der Waals surface area contributed by atoms with E-state index in [1.807, 2.05) is 0 Å². The Kier molecular flexibility index (Phi) is 6.00. The lowest BCUT2D eigenvalue weighted by Gasteiger charge is -2.05. The van der Waals surface area contributed by atoms with Gasteiger partial charge in [0.2, 0.25) is 17.8 Å². The molecular formula is C19H16N4O5S2. The summed E-state index contributed by atoms with van der Waals surface area (Å²) in [5, 5.41) is 13.8. The van der Waals surface area contributed by atoms with Crippen molar-refractivity contribution in [3.8, 4) is 17.2 Å². The highest BCUT2D eigenvalue weighted by Gasteiger charge is 2.17.